The van der Waals surface area contributed by atoms with Gasteiger partial charge in [0.15, 0.2) is 0 Å². The average Bonchev–Trinajstić information content (AvgIpc) is 2.68. The van der Waals surface area contributed by atoms with Gasteiger partial charge in [0.1, 0.15) is 5.82 Å². The molecule has 0 saturated heterocycles. The number of aromatic nitrogens is 2. The second-order valence-corrected chi connectivity index (χ2v) is 4.33. The van der Waals surface area contributed by atoms with Crippen LogP contribution in [0.25, 0.3) is 5.69 Å². The number of aryl methyl sites for hydroxylation is 1. The third-order valence-corrected chi connectivity index (χ3v) is 2.95. The first-order chi connectivity index (χ1) is 9.04. The van der Waals surface area contributed by atoms with E-state index in [9.17, 15) is 14.3 Å². The van der Waals surface area contributed by atoms with E-state index in [1.54, 1.807) is 19.1 Å². The highest BCUT2D eigenvalue weighted by atomic mass is 19.1. The number of carboxylic acids is 1. The fourth-order valence-corrected chi connectivity index (χ4v) is 2.07. The summed E-state index contributed by atoms with van der Waals surface area (Å²) in [6.07, 6.45) is 1.36. The molecule has 0 saturated carbocycles. The Kier molecular flexibility index (Phi) is 3.64. The van der Waals surface area contributed by atoms with E-state index in [2.05, 4.69) is 5.10 Å². The Bertz CT molecular complexity index is 603. The number of hydrogen-bond acceptors (Lipinski definition) is 3. The normalized spacial score (nSPS) is 10.7. The molecule has 1 aromatic heterocycles. The van der Waals surface area contributed by atoms with Crippen LogP contribution in [-0.4, -0.2) is 15.7 Å². The van der Waals surface area contributed by atoms with E-state index in [1.165, 1.54) is 16.8 Å². The zero-order chi connectivity index (χ0) is 14.0. The standard InChI is InChI=1S/C14H15FN2O2/c1-3-4-12-13(14(18)19)9(2)17(16-12)11-7-5-10(15)6-8-11/h5-8H,3-4H2,1-2H3,(H,18,19)/p-1. The molecule has 1 aromatic carbocycles. The molecule has 0 bridgehead atoms. The largest absolute Gasteiger partial charge is 0.545 e. The van der Waals surface area contributed by atoms with E-state index in [0.29, 0.717) is 23.5 Å². The molecule has 0 amide bonds. The van der Waals surface area contributed by atoms with Crippen LogP contribution in [0, 0.1) is 12.7 Å². The number of nitrogens with zero attached hydrogens (tertiary/aromatic N) is 2. The first-order valence-electron chi connectivity index (χ1n) is 6.10. The first kappa shape index (κ1) is 13.3. The molecule has 2 aromatic rings. The molecule has 0 unspecified atom stereocenters. The Morgan fingerprint density at radius 2 is 2.00 bits per heavy atom. The summed E-state index contributed by atoms with van der Waals surface area (Å²) in [5.41, 5.74) is 1.76. The van der Waals surface area contributed by atoms with Crippen molar-refractivity contribution < 1.29 is 14.3 Å². The van der Waals surface area contributed by atoms with Gasteiger partial charge in [-0.25, -0.2) is 9.07 Å². The minimum absolute atomic E-state index is 0.131. The first-order valence-corrected chi connectivity index (χ1v) is 6.10. The van der Waals surface area contributed by atoms with Gasteiger partial charge in [-0.3, -0.25) is 0 Å². The summed E-state index contributed by atoms with van der Waals surface area (Å²) in [7, 11) is 0. The molecule has 100 valence electrons. The molecule has 19 heavy (non-hydrogen) atoms. The molecule has 5 heteroatoms. The van der Waals surface area contributed by atoms with Gasteiger partial charge in [0.2, 0.25) is 0 Å². The van der Waals surface area contributed by atoms with E-state index in [4.69, 9.17) is 0 Å². The molecule has 0 atom stereocenters. The van der Waals surface area contributed by atoms with Crippen LogP contribution in [0.5, 0.6) is 0 Å². The molecule has 0 aliphatic carbocycles. The lowest BCUT2D eigenvalue weighted by Gasteiger charge is -2.05. The van der Waals surface area contributed by atoms with E-state index in [0.717, 1.165) is 6.42 Å². The summed E-state index contributed by atoms with van der Waals surface area (Å²) in [6, 6.07) is 5.75. The molecule has 1 heterocycles. The summed E-state index contributed by atoms with van der Waals surface area (Å²) in [6.45, 7) is 3.62. The van der Waals surface area contributed by atoms with Crippen molar-refractivity contribution in [2.24, 2.45) is 0 Å². The molecule has 4 nitrogen and oxygen atoms in total. The maximum atomic E-state index is 12.9. The lowest BCUT2D eigenvalue weighted by molar-refractivity contribution is -0.255. The molecule has 0 radical (unpaired) electrons. The highest BCUT2D eigenvalue weighted by Crippen LogP contribution is 2.19. The quantitative estimate of drug-likeness (QED) is 0.840. The van der Waals surface area contributed by atoms with Crippen molar-refractivity contribution in [2.45, 2.75) is 26.7 Å². The average molecular weight is 261 g/mol. The third-order valence-electron chi connectivity index (χ3n) is 2.95. The fourth-order valence-electron chi connectivity index (χ4n) is 2.07. The molecule has 2 rings (SSSR count). The number of rotatable bonds is 4. The highest BCUT2D eigenvalue weighted by molar-refractivity contribution is 5.88. The zero-order valence-electron chi connectivity index (χ0n) is 10.8. The molecule has 0 aliphatic rings. The Labute approximate surface area is 110 Å². The summed E-state index contributed by atoms with van der Waals surface area (Å²) < 4.78 is 14.4. The van der Waals surface area contributed by atoms with Crippen LogP contribution in [0.2, 0.25) is 0 Å². The number of carboxylic acid groups (broad SMARTS) is 1. The highest BCUT2D eigenvalue weighted by Gasteiger charge is 2.15. The van der Waals surface area contributed by atoms with Crippen LogP contribution in [0.15, 0.2) is 24.3 Å². The molecule has 0 aliphatic heterocycles. The van der Waals surface area contributed by atoms with Crippen LogP contribution in [0.3, 0.4) is 0 Å². The molecule has 0 fully saturated rings. The Morgan fingerprint density at radius 1 is 1.37 bits per heavy atom. The maximum absolute atomic E-state index is 12.9. The minimum atomic E-state index is -1.23. The van der Waals surface area contributed by atoms with Gasteiger partial charge in [0.05, 0.1) is 23.0 Å². The maximum Gasteiger partial charge on any atom is 0.123 e. The lowest BCUT2D eigenvalue weighted by atomic mass is 10.1. The topological polar surface area (TPSA) is 58.0 Å². The summed E-state index contributed by atoms with van der Waals surface area (Å²) in [4.78, 5) is 11.2. The lowest BCUT2D eigenvalue weighted by Crippen LogP contribution is -2.24. The van der Waals surface area contributed by atoms with Gasteiger partial charge >= 0.3 is 0 Å². The van der Waals surface area contributed by atoms with Crippen LogP contribution < -0.4 is 5.11 Å². The van der Waals surface area contributed by atoms with Gasteiger partial charge in [-0.2, -0.15) is 5.10 Å². The zero-order valence-corrected chi connectivity index (χ0v) is 10.8. The van der Waals surface area contributed by atoms with Gasteiger partial charge in [0, 0.05) is 5.56 Å². The van der Waals surface area contributed by atoms with Crippen molar-refractivity contribution in [3.63, 3.8) is 0 Å². The number of benzene rings is 1. The van der Waals surface area contributed by atoms with Crippen LogP contribution in [0.4, 0.5) is 4.39 Å². The van der Waals surface area contributed by atoms with E-state index < -0.39 is 5.97 Å². The third kappa shape index (κ3) is 2.50. The minimum Gasteiger partial charge on any atom is -0.545 e. The Hall–Kier alpha value is -2.17. The number of hydrogen-bond donors (Lipinski definition) is 0. The van der Waals surface area contributed by atoms with Gasteiger partial charge in [0.25, 0.3) is 0 Å². The smallest absolute Gasteiger partial charge is 0.123 e. The Balaban J connectivity index is 2.55. The van der Waals surface area contributed by atoms with Crippen molar-refractivity contribution >= 4 is 5.97 Å². The number of carbonyl (C=O) groups excluding carboxylic acids is 1. The monoisotopic (exact) mass is 261 g/mol. The molecular weight excluding hydrogens is 247 g/mol. The summed E-state index contributed by atoms with van der Waals surface area (Å²) in [5, 5.41) is 15.5. The number of carbonyl (C=O) groups is 1. The number of aromatic carboxylic acids is 1. The van der Waals surface area contributed by atoms with E-state index in [-0.39, 0.29) is 11.4 Å². The predicted molar refractivity (Wildman–Crippen MR) is 66.6 cm³/mol. The van der Waals surface area contributed by atoms with Crippen LogP contribution in [0.1, 0.15) is 35.1 Å². The van der Waals surface area contributed by atoms with Crippen molar-refractivity contribution in [1.29, 1.82) is 0 Å². The second kappa shape index (κ2) is 5.22. The SMILES string of the molecule is CCCc1nn(-c2ccc(F)cc2)c(C)c1C(=O)[O-]. The van der Waals surface area contributed by atoms with Gasteiger partial charge in [-0.15, -0.1) is 0 Å². The fraction of sp³-hybridized carbons (Fsp3) is 0.286. The molecular formula is C14H14FN2O2-. The number of halogens is 1. The molecule has 0 N–H and O–H groups in total. The van der Waals surface area contributed by atoms with E-state index >= 15 is 0 Å². The van der Waals surface area contributed by atoms with Crippen LogP contribution >= 0.6 is 0 Å². The van der Waals surface area contributed by atoms with Crippen molar-refractivity contribution in [1.82, 2.24) is 9.78 Å². The van der Waals surface area contributed by atoms with E-state index in [1.807, 2.05) is 6.92 Å². The van der Waals surface area contributed by atoms with Crippen molar-refractivity contribution in [3.05, 3.63) is 47.0 Å². The predicted octanol–water partition coefficient (Wildman–Crippen LogP) is 1.64. The van der Waals surface area contributed by atoms with Crippen LogP contribution in [-0.2, 0) is 6.42 Å². The summed E-state index contributed by atoms with van der Waals surface area (Å²) >= 11 is 0. The van der Waals surface area contributed by atoms with Crippen molar-refractivity contribution in [2.75, 3.05) is 0 Å². The second-order valence-electron chi connectivity index (χ2n) is 4.33. The van der Waals surface area contributed by atoms with Gasteiger partial charge in [-0.1, -0.05) is 13.3 Å². The van der Waals surface area contributed by atoms with Crippen molar-refractivity contribution in [3.8, 4) is 5.69 Å². The Morgan fingerprint density at radius 3 is 2.53 bits per heavy atom. The van der Waals surface area contributed by atoms with Gasteiger partial charge < -0.3 is 9.90 Å². The summed E-state index contributed by atoms with van der Waals surface area (Å²) in [5.74, 6) is -1.57. The van der Waals surface area contributed by atoms with Gasteiger partial charge in [-0.05, 0) is 37.6 Å². The molecule has 0 spiro atoms.